The van der Waals surface area contributed by atoms with Gasteiger partial charge in [0.15, 0.2) is 0 Å². The summed E-state index contributed by atoms with van der Waals surface area (Å²) in [7, 11) is 0. The Hall–Kier alpha value is -7.64. The van der Waals surface area contributed by atoms with Crippen LogP contribution in [-0.2, 0) is 53.0 Å². The Balaban J connectivity index is 0.00000313. The summed E-state index contributed by atoms with van der Waals surface area (Å²) >= 11 is 0. The molecule has 0 aliphatic heterocycles. The van der Waals surface area contributed by atoms with Crippen LogP contribution in [0.3, 0.4) is 0 Å². The number of rotatable bonds is 9. The molecule has 6 aromatic heterocycles. The Bertz CT molecular complexity index is 3790. The van der Waals surface area contributed by atoms with Crippen molar-refractivity contribution in [1.82, 2.24) is 29.1 Å². The van der Waals surface area contributed by atoms with E-state index in [1.807, 2.05) is 106 Å². The van der Waals surface area contributed by atoms with Crippen LogP contribution in [0.5, 0.6) is 23.0 Å². The van der Waals surface area contributed by atoms with Crippen LogP contribution >= 0.6 is 0 Å². The van der Waals surface area contributed by atoms with Gasteiger partial charge in [-0.1, -0.05) is 126 Å². The van der Waals surface area contributed by atoms with Crippen LogP contribution in [0.25, 0.3) is 78.0 Å². The number of pyridine rings is 4. The van der Waals surface area contributed by atoms with Gasteiger partial charge in [-0.25, -0.2) is 0 Å². The molecule has 0 atom stereocenters. The van der Waals surface area contributed by atoms with Crippen molar-refractivity contribution in [1.29, 1.82) is 0 Å². The summed E-state index contributed by atoms with van der Waals surface area (Å²) in [6.07, 6.45) is 14.3. The van der Waals surface area contributed by atoms with Crippen LogP contribution in [-0.4, -0.2) is 29.1 Å². The third-order valence-corrected chi connectivity index (χ3v) is 12.7. The van der Waals surface area contributed by atoms with Gasteiger partial charge in [-0.3, -0.25) is 19.1 Å². The van der Waals surface area contributed by atoms with Gasteiger partial charge in [-0.2, -0.15) is 35.4 Å². The molecule has 0 saturated heterocycles. The molecule has 0 aliphatic carbocycles. The first kappa shape index (κ1) is 49.9. The number of hydrogen-bond acceptors (Lipinski definition) is 6. The zero-order chi connectivity index (χ0) is 49.1. The van der Waals surface area contributed by atoms with Gasteiger partial charge in [0.1, 0.15) is 0 Å². The van der Waals surface area contributed by atoms with Crippen LogP contribution < -0.4 is 18.6 Å². The van der Waals surface area contributed by atoms with Crippen molar-refractivity contribution in [3.05, 3.63) is 218 Å². The molecule has 0 fully saturated rings. The summed E-state index contributed by atoms with van der Waals surface area (Å²) in [4.78, 5) is 18.5. The van der Waals surface area contributed by atoms with Gasteiger partial charge in [0.05, 0.1) is 44.5 Å². The molecule has 12 rings (SSSR count). The molecule has 6 aromatic carbocycles. The topological polar surface area (TPSA) is 87.6 Å². The number of nitrogens with zero attached hydrogens (tertiary/aromatic N) is 8. The van der Waals surface area contributed by atoms with Crippen LogP contribution in [0.2, 0.25) is 0 Å². The average Bonchev–Trinajstić information content (AvgIpc) is 3.97. The summed E-state index contributed by atoms with van der Waals surface area (Å²) in [6.45, 7) is 13.1. The maximum atomic E-state index is 6.63. The monoisotopic (exact) mass is 1320 g/mol. The average molecular weight is 1330 g/mol. The minimum absolute atomic E-state index is 0. The Labute approximate surface area is 458 Å². The molecule has 0 spiro atoms. The van der Waals surface area contributed by atoms with Crippen molar-refractivity contribution in [3.8, 4) is 57.1 Å². The number of ether oxygens (including phenoxy) is 2. The van der Waals surface area contributed by atoms with E-state index in [1.165, 1.54) is 0 Å². The van der Waals surface area contributed by atoms with Gasteiger partial charge >= 0.3 is 0 Å². The predicted molar refractivity (Wildman–Crippen MR) is 278 cm³/mol. The maximum Gasteiger partial charge on any atom is 0.268 e. The van der Waals surface area contributed by atoms with Gasteiger partial charge in [-0.15, -0.1) is 47.8 Å². The Morgan fingerprint density at radius 2 is 0.811 bits per heavy atom. The summed E-state index contributed by atoms with van der Waals surface area (Å²) in [5.41, 5.74) is 11.8. The Kier molecular flexibility index (Phi) is 13.5. The van der Waals surface area contributed by atoms with E-state index in [4.69, 9.17) is 9.47 Å². The molecule has 370 valence electrons. The van der Waals surface area contributed by atoms with E-state index in [1.54, 1.807) is 24.5 Å². The molecular weight excluding hydrogens is 1280 g/mol. The van der Waals surface area contributed by atoms with E-state index in [2.05, 4.69) is 156 Å². The van der Waals surface area contributed by atoms with E-state index in [-0.39, 0.29) is 53.0 Å². The van der Waals surface area contributed by atoms with Crippen molar-refractivity contribution in [2.45, 2.75) is 52.4 Å². The fraction of sp³-hybridized carbons (Fsp3) is 0.129. The molecule has 6 heterocycles. The predicted octanol–water partition coefficient (Wildman–Crippen LogP) is 12.7. The first-order valence-corrected chi connectivity index (χ1v) is 23.8. The van der Waals surface area contributed by atoms with Crippen molar-refractivity contribution in [3.63, 3.8) is 0 Å². The van der Waals surface area contributed by atoms with E-state index in [9.17, 15) is 0 Å². The molecule has 10 nitrogen and oxygen atoms in total. The standard InChI is InChI=1S/C62H46N8O2.2Pt/c1-61(2,3)41-31-43(67-39-69(59-21-13-11-19-57(59)67)55-25-29-63-51-17-9-7-15-49(51)55)35-47(33-41)71-45-23-27-65-53(37-45)54-38-46(24-28-66-54)72-48-34-42(62(4,5)6)32-44(36-48)68-40-70(60-22-14-12-20-58(60)68)56-26-30-64-52-18-10-8-16-50(52)56;;/h7-34H,1-6H3;;/q-4;;. The van der Waals surface area contributed by atoms with Gasteiger partial charge in [-0.05, 0) is 58.9 Å². The molecule has 12 heteroatoms. The first-order chi connectivity index (χ1) is 34.9. The van der Waals surface area contributed by atoms with Gasteiger partial charge in [0.2, 0.25) is 0 Å². The summed E-state index contributed by atoms with van der Waals surface area (Å²) in [5, 5.41) is 2.06. The summed E-state index contributed by atoms with van der Waals surface area (Å²) in [6, 6.07) is 62.6. The number of aromatic nitrogens is 8. The van der Waals surface area contributed by atoms with Crippen molar-refractivity contribution >= 4 is 43.9 Å². The van der Waals surface area contributed by atoms with E-state index in [0.29, 0.717) is 34.4 Å². The van der Waals surface area contributed by atoms with E-state index >= 15 is 0 Å². The minimum atomic E-state index is -0.218. The molecule has 0 amide bonds. The minimum Gasteiger partial charge on any atom is -0.511 e. The van der Waals surface area contributed by atoms with Gasteiger partial charge < -0.3 is 28.6 Å². The van der Waals surface area contributed by atoms with Crippen molar-refractivity contribution < 1.29 is 60.7 Å². The third-order valence-electron chi connectivity index (χ3n) is 12.7. The fourth-order valence-corrected chi connectivity index (χ4v) is 9.00. The van der Waals surface area contributed by atoms with Crippen molar-refractivity contribution in [2.24, 2.45) is 0 Å². The van der Waals surface area contributed by atoms with Crippen LogP contribution in [0.4, 0.5) is 0 Å². The molecule has 0 aliphatic rings. The largest absolute Gasteiger partial charge is 0.511 e. The van der Waals surface area contributed by atoms with Crippen LogP contribution in [0.15, 0.2) is 170 Å². The molecule has 12 aromatic rings. The number of imidazole rings is 2. The zero-order valence-corrected chi connectivity index (χ0v) is 45.7. The van der Waals surface area contributed by atoms with Crippen molar-refractivity contribution in [2.75, 3.05) is 0 Å². The number of benzene rings is 6. The van der Waals surface area contributed by atoms with E-state index < -0.39 is 0 Å². The molecule has 74 heavy (non-hydrogen) atoms. The first-order valence-electron chi connectivity index (χ1n) is 23.8. The van der Waals surface area contributed by atoms with Gasteiger partial charge in [0.25, 0.3) is 12.7 Å². The van der Waals surface area contributed by atoms with E-state index in [0.717, 1.165) is 77.7 Å². The molecule has 0 radical (unpaired) electrons. The van der Waals surface area contributed by atoms with Crippen LogP contribution in [0, 0.1) is 36.9 Å². The maximum absolute atomic E-state index is 6.63. The zero-order valence-electron chi connectivity index (χ0n) is 41.2. The van der Waals surface area contributed by atoms with Gasteiger partial charge in [0, 0.05) is 88.3 Å². The molecule has 0 saturated carbocycles. The quantitative estimate of drug-likeness (QED) is 0.106. The fourth-order valence-electron chi connectivity index (χ4n) is 9.00. The molecule has 0 bridgehead atoms. The number of hydrogen-bond donors (Lipinski definition) is 0. The second-order valence-electron chi connectivity index (χ2n) is 19.7. The third kappa shape index (κ3) is 9.56. The second-order valence-corrected chi connectivity index (χ2v) is 19.7. The normalized spacial score (nSPS) is 11.7. The Morgan fingerprint density at radius 3 is 1.24 bits per heavy atom. The Morgan fingerprint density at radius 1 is 0.419 bits per heavy atom. The summed E-state index contributed by atoms with van der Waals surface area (Å²) < 4.78 is 21.5. The SMILES string of the molecule is CC(C)(C)c1cc(Oc2[c-]c(-c3[c-]c(Oc4[c-]c(-[n+]5[c-]n(-c6ccnc7ccccc67)c6ccccc65)cc(C(C)(C)C)c4)ccn3)ncc2)[c-]c(-[n+]2[c-]n(-c3ccnc4ccccc34)c3ccccc32)c1.[Pt].[Pt]. The number of fused-ring (bicyclic) bond motifs is 4. The molecular formula is C62H46N8O2Pt2-4. The smallest absolute Gasteiger partial charge is 0.268 e. The second kappa shape index (κ2) is 20.0. The van der Waals surface area contributed by atoms with Crippen LogP contribution in [0.1, 0.15) is 52.7 Å². The summed E-state index contributed by atoms with van der Waals surface area (Å²) in [5.74, 6) is 1.92. The molecule has 0 N–H and O–H groups in total. The number of para-hydroxylation sites is 6. The molecule has 0 unspecified atom stereocenters.